The zero-order valence-corrected chi connectivity index (χ0v) is 11.5. The maximum absolute atomic E-state index is 11.9. The molecule has 0 fully saturated rings. The number of carbonyl (C=O) groups is 1. The van der Waals surface area contributed by atoms with Gasteiger partial charge in [-0.3, -0.25) is 4.79 Å². The van der Waals surface area contributed by atoms with Crippen LogP contribution in [0.25, 0.3) is 10.9 Å². The predicted octanol–water partition coefficient (Wildman–Crippen LogP) is 2.72. The summed E-state index contributed by atoms with van der Waals surface area (Å²) in [5.41, 5.74) is 3.85. The molecule has 4 heteroatoms. The van der Waals surface area contributed by atoms with Gasteiger partial charge in [-0.25, -0.2) is 0 Å². The van der Waals surface area contributed by atoms with Crippen molar-refractivity contribution in [3.05, 3.63) is 35.5 Å². The van der Waals surface area contributed by atoms with Crippen molar-refractivity contribution in [3.8, 4) is 0 Å². The quantitative estimate of drug-likeness (QED) is 0.841. The van der Waals surface area contributed by atoms with Crippen molar-refractivity contribution < 1.29 is 4.79 Å². The summed E-state index contributed by atoms with van der Waals surface area (Å²) < 4.78 is 0. The Labute approximate surface area is 117 Å². The average Bonchev–Trinajstić information content (AvgIpc) is 2.63. The lowest BCUT2D eigenvalue weighted by Gasteiger charge is -2.19. The highest BCUT2D eigenvalue weighted by Gasteiger charge is 2.20. The summed E-state index contributed by atoms with van der Waals surface area (Å²) in [6.45, 7) is 1.58. The molecular weight excluding hydrogens is 260 g/mol. The van der Waals surface area contributed by atoms with Gasteiger partial charge in [0.15, 0.2) is 0 Å². The number of carbonyl (C=O) groups excluding carboxylic acids is 1. The third-order valence-electron chi connectivity index (χ3n) is 3.83. The number of para-hydroxylation sites is 1. The number of fused-ring (bicyclic) bond motifs is 3. The fraction of sp³-hybridized carbons (Fsp3) is 0.400. The molecule has 1 aromatic heterocycles. The monoisotopic (exact) mass is 276 g/mol. The molecule has 0 aliphatic carbocycles. The van der Waals surface area contributed by atoms with Gasteiger partial charge in [-0.15, -0.1) is 11.6 Å². The lowest BCUT2D eigenvalue weighted by molar-refractivity contribution is -0.130. The molecule has 1 amide bonds. The molecule has 0 saturated heterocycles. The van der Waals surface area contributed by atoms with E-state index < -0.39 is 0 Å². The molecule has 0 saturated carbocycles. The van der Waals surface area contributed by atoms with Crippen LogP contribution < -0.4 is 0 Å². The molecule has 0 bridgehead atoms. The number of alkyl halides is 1. The third kappa shape index (κ3) is 2.35. The first-order valence-corrected chi connectivity index (χ1v) is 7.25. The number of amides is 1. The summed E-state index contributed by atoms with van der Waals surface area (Å²) in [6.07, 6.45) is 2.27. The summed E-state index contributed by atoms with van der Waals surface area (Å²) in [6, 6.07) is 8.38. The van der Waals surface area contributed by atoms with E-state index in [1.54, 1.807) is 0 Å². The zero-order chi connectivity index (χ0) is 13.2. The van der Waals surface area contributed by atoms with Crippen LogP contribution in [0.2, 0.25) is 0 Å². The van der Waals surface area contributed by atoms with E-state index in [1.165, 1.54) is 22.2 Å². The van der Waals surface area contributed by atoms with Gasteiger partial charge in [-0.05, 0) is 18.1 Å². The summed E-state index contributed by atoms with van der Waals surface area (Å²) >= 11 is 5.65. The molecule has 3 nitrogen and oxygen atoms in total. The van der Waals surface area contributed by atoms with E-state index in [2.05, 4.69) is 29.2 Å². The Bertz CT molecular complexity index is 605. The number of aromatic nitrogens is 1. The number of aromatic amines is 1. The second-order valence-corrected chi connectivity index (χ2v) is 5.33. The number of hydrogen-bond donors (Lipinski definition) is 1. The highest BCUT2D eigenvalue weighted by atomic mass is 35.5. The predicted molar refractivity (Wildman–Crippen MR) is 77.6 cm³/mol. The first-order valence-electron chi connectivity index (χ1n) is 6.72. The maximum atomic E-state index is 11.9. The van der Waals surface area contributed by atoms with Gasteiger partial charge in [0.1, 0.15) is 0 Å². The van der Waals surface area contributed by atoms with Crippen molar-refractivity contribution >= 4 is 28.4 Å². The van der Waals surface area contributed by atoms with Crippen LogP contribution >= 0.6 is 11.6 Å². The lowest BCUT2D eigenvalue weighted by atomic mass is 10.1. The number of halogens is 1. The lowest BCUT2D eigenvalue weighted by Crippen LogP contribution is -2.33. The minimum Gasteiger partial charge on any atom is -0.358 e. The van der Waals surface area contributed by atoms with Crippen LogP contribution in [0.3, 0.4) is 0 Å². The molecule has 3 rings (SSSR count). The Morgan fingerprint density at radius 2 is 2.05 bits per heavy atom. The minimum absolute atomic E-state index is 0.171. The summed E-state index contributed by atoms with van der Waals surface area (Å²) in [7, 11) is 0. The molecule has 0 atom stereocenters. The van der Waals surface area contributed by atoms with Crippen molar-refractivity contribution in [3.63, 3.8) is 0 Å². The van der Waals surface area contributed by atoms with Crippen LogP contribution in [0.4, 0.5) is 0 Å². The second-order valence-electron chi connectivity index (χ2n) is 4.95. The summed E-state index contributed by atoms with van der Waals surface area (Å²) in [4.78, 5) is 17.3. The van der Waals surface area contributed by atoms with Crippen molar-refractivity contribution in [2.24, 2.45) is 0 Å². The number of hydrogen-bond acceptors (Lipinski definition) is 1. The standard InChI is InChI=1S/C15H17ClN2O/c16-8-5-15(19)18-9-6-12-11-3-1-2-4-13(11)17-14(12)7-10-18/h1-4,17H,5-10H2. The van der Waals surface area contributed by atoms with Crippen LogP contribution in [-0.2, 0) is 17.6 Å². The van der Waals surface area contributed by atoms with Crippen LogP contribution in [0.5, 0.6) is 0 Å². The molecule has 0 spiro atoms. The molecule has 1 N–H and O–H groups in total. The zero-order valence-electron chi connectivity index (χ0n) is 10.8. The molecule has 1 aromatic carbocycles. The highest BCUT2D eigenvalue weighted by Crippen LogP contribution is 2.25. The smallest absolute Gasteiger partial charge is 0.223 e. The van der Waals surface area contributed by atoms with Crippen molar-refractivity contribution in [2.75, 3.05) is 19.0 Å². The van der Waals surface area contributed by atoms with Crippen LogP contribution in [0, 0.1) is 0 Å². The summed E-state index contributed by atoms with van der Waals surface area (Å²) in [5.74, 6) is 0.577. The van der Waals surface area contributed by atoms with Gasteiger partial charge in [-0.2, -0.15) is 0 Å². The van der Waals surface area contributed by atoms with Gasteiger partial charge in [-0.1, -0.05) is 18.2 Å². The van der Waals surface area contributed by atoms with Gasteiger partial charge >= 0.3 is 0 Å². The van der Waals surface area contributed by atoms with Crippen molar-refractivity contribution in [1.29, 1.82) is 0 Å². The molecule has 2 heterocycles. The van der Waals surface area contributed by atoms with Gasteiger partial charge in [0.25, 0.3) is 0 Å². The Morgan fingerprint density at radius 1 is 1.26 bits per heavy atom. The van der Waals surface area contributed by atoms with Gasteiger partial charge in [0.05, 0.1) is 0 Å². The van der Waals surface area contributed by atoms with E-state index >= 15 is 0 Å². The van der Waals surface area contributed by atoms with Crippen molar-refractivity contribution in [1.82, 2.24) is 9.88 Å². The molecule has 2 aromatic rings. The fourth-order valence-corrected chi connectivity index (χ4v) is 3.01. The Balaban J connectivity index is 1.85. The number of rotatable bonds is 2. The normalized spacial score (nSPS) is 15.3. The van der Waals surface area contributed by atoms with Crippen LogP contribution in [0.1, 0.15) is 17.7 Å². The van der Waals surface area contributed by atoms with E-state index in [-0.39, 0.29) is 5.91 Å². The van der Waals surface area contributed by atoms with E-state index in [9.17, 15) is 4.79 Å². The highest BCUT2D eigenvalue weighted by molar-refractivity contribution is 6.18. The number of nitrogens with one attached hydrogen (secondary N) is 1. The molecule has 0 radical (unpaired) electrons. The number of benzene rings is 1. The second kappa shape index (κ2) is 5.25. The maximum Gasteiger partial charge on any atom is 0.223 e. The molecule has 1 aliphatic rings. The van der Waals surface area contributed by atoms with E-state index in [0.29, 0.717) is 12.3 Å². The van der Waals surface area contributed by atoms with Crippen LogP contribution in [0.15, 0.2) is 24.3 Å². The average molecular weight is 277 g/mol. The molecule has 0 unspecified atom stereocenters. The first kappa shape index (κ1) is 12.5. The van der Waals surface area contributed by atoms with E-state index in [0.717, 1.165) is 25.9 Å². The Hall–Kier alpha value is -1.48. The minimum atomic E-state index is 0.171. The third-order valence-corrected chi connectivity index (χ3v) is 4.02. The van der Waals surface area contributed by atoms with E-state index in [4.69, 9.17) is 11.6 Å². The number of nitrogens with zero attached hydrogens (tertiary/aromatic N) is 1. The topological polar surface area (TPSA) is 36.1 Å². The number of H-pyrrole nitrogens is 1. The molecular formula is C15H17ClN2O. The summed E-state index contributed by atoms with van der Waals surface area (Å²) in [5, 5.41) is 1.30. The molecule has 1 aliphatic heterocycles. The van der Waals surface area contributed by atoms with Crippen LogP contribution in [-0.4, -0.2) is 34.8 Å². The van der Waals surface area contributed by atoms with E-state index in [1.807, 2.05) is 4.90 Å². The Kier molecular flexibility index (Phi) is 3.47. The van der Waals surface area contributed by atoms with Gasteiger partial charge in [0, 0.05) is 48.4 Å². The Morgan fingerprint density at radius 3 is 2.89 bits per heavy atom. The van der Waals surface area contributed by atoms with Gasteiger partial charge < -0.3 is 9.88 Å². The fourth-order valence-electron chi connectivity index (χ4n) is 2.85. The molecule has 100 valence electrons. The first-order chi connectivity index (χ1) is 9.29. The van der Waals surface area contributed by atoms with Crippen molar-refractivity contribution in [2.45, 2.75) is 19.3 Å². The molecule has 19 heavy (non-hydrogen) atoms. The SMILES string of the molecule is O=C(CCCl)N1CCc2[nH]c3ccccc3c2CC1. The largest absolute Gasteiger partial charge is 0.358 e. The van der Waals surface area contributed by atoms with Gasteiger partial charge in [0.2, 0.25) is 5.91 Å².